The van der Waals surface area contributed by atoms with Gasteiger partial charge in [0.15, 0.2) is 5.58 Å². The molecule has 1 fully saturated rings. The molecule has 174 valence electrons. The number of ether oxygens (including phenoxy) is 1. The number of carbonyl (C=O) groups excluding carboxylic acids is 2. The topological polar surface area (TPSA) is 76.7 Å². The molecule has 0 unspecified atom stereocenters. The number of hydrogen-bond donors (Lipinski definition) is 1. The minimum atomic E-state index is -1.03. The smallest absolute Gasteiger partial charge is 0.271 e. The lowest BCUT2D eigenvalue weighted by Gasteiger charge is -2.44. The second kappa shape index (κ2) is 8.28. The van der Waals surface area contributed by atoms with Crippen molar-refractivity contribution in [1.29, 1.82) is 0 Å². The summed E-state index contributed by atoms with van der Waals surface area (Å²) in [6, 6.07) is 11.5. The highest BCUT2D eigenvalue weighted by Crippen LogP contribution is 2.35. The maximum Gasteiger partial charge on any atom is 0.271 e. The SMILES string of the molecule is COc1ccc(CN2C(=O)c3cc4oc(C)cc4n3C[C@]2(C)C(=O)NC2CCCCC2)cc1. The molecule has 0 bridgehead atoms. The predicted molar refractivity (Wildman–Crippen MR) is 125 cm³/mol. The quantitative estimate of drug-likeness (QED) is 0.626. The lowest BCUT2D eigenvalue weighted by Crippen LogP contribution is -2.64. The van der Waals surface area contributed by atoms with Crippen molar-refractivity contribution in [2.24, 2.45) is 0 Å². The molecule has 3 aromatic rings. The fourth-order valence-electron chi connectivity index (χ4n) is 5.21. The normalized spacial score (nSPS) is 21.3. The van der Waals surface area contributed by atoms with Gasteiger partial charge in [0.1, 0.15) is 22.7 Å². The van der Waals surface area contributed by atoms with E-state index in [0.717, 1.165) is 48.3 Å². The Hall–Kier alpha value is -3.22. The molecule has 0 saturated heterocycles. The second-order valence-corrected chi connectivity index (χ2v) is 9.54. The number of aryl methyl sites for hydroxylation is 1. The first kappa shape index (κ1) is 21.6. The highest BCUT2D eigenvalue weighted by atomic mass is 16.5. The lowest BCUT2D eigenvalue weighted by molar-refractivity contribution is -0.134. The zero-order valence-corrected chi connectivity index (χ0v) is 19.5. The number of aromatic nitrogens is 1. The van der Waals surface area contributed by atoms with Gasteiger partial charge in [-0.3, -0.25) is 9.59 Å². The van der Waals surface area contributed by atoms with Crippen molar-refractivity contribution in [2.45, 2.75) is 70.6 Å². The van der Waals surface area contributed by atoms with Gasteiger partial charge in [-0.2, -0.15) is 0 Å². The van der Waals surface area contributed by atoms with Crippen LogP contribution in [0.4, 0.5) is 0 Å². The van der Waals surface area contributed by atoms with E-state index in [2.05, 4.69) is 5.32 Å². The Morgan fingerprint density at radius 1 is 1.18 bits per heavy atom. The van der Waals surface area contributed by atoms with Crippen LogP contribution in [-0.2, 0) is 17.9 Å². The summed E-state index contributed by atoms with van der Waals surface area (Å²) in [6.07, 6.45) is 5.47. The van der Waals surface area contributed by atoms with Gasteiger partial charge in [-0.25, -0.2) is 0 Å². The van der Waals surface area contributed by atoms with E-state index in [-0.39, 0.29) is 17.9 Å². The standard InChI is InChI=1S/C26H31N3O4/c1-17-13-21-23(33-17)14-22-24(30)29(15-18-9-11-20(32-3)12-10-18)26(2,16-28(21)22)25(31)27-19-7-5-4-6-8-19/h9-14,19H,4-8,15-16H2,1-3H3,(H,27,31)/t26-/m1/s1. The number of nitrogens with one attached hydrogen (secondary N) is 1. The van der Waals surface area contributed by atoms with E-state index in [4.69, 9.17) is 9.15 Å². The first-order valence-corrected chi connectivity index (χ1v) is 11.7. The summed E-state index contributed by atoms with van der Waals surface area (Å²) < 4.78 is 13.0. The van der Waals surface area contributed by atoms with Gasteiger partial charge in [0.05, 0.1) is 19.2 Å². The highest BCUT2D eigenvalue weighted by Gasteiger charge is 2.48. The van der Waals surface area contributed by atoms with E-state index in [1.165, 1.54) is 6.42 Å². The van der Waals surface area contributed by atoms with Crippen LogP contribution in [0, 0.1) is 6.92 Å². The maximum absolute atomic E-state index is 13.8. The molecule has 5 rings (SSSR count). The molecule has 1 N–H and O–H groups in total. The van der Waals surface area contributed by atoms with Crippen LogP contribution in [-0.4, -0.2) is 40.0 Å². The summed E-state index contributed by atoms with van der Waals surface area (Å²) in [5.74, 6) is 1.29. The van der Waals surface area contributed by atoms with Crippen molar-refractivity contribution in [1.82, 2.24) is 14.8 Å². The molecule has 1 atom stereocenters. The van der Waals surface area contributed by atoms with Crippen molar-refractivity contribution in [3.63, 3.8) is 0 Å². The first-order valence-electron chi connectivity index (χ1n) is 11.7. The van der Waals surface area contributed by atoms with E-state index in [1.54, 1.807) is 18.1 Å². The average molecular weight is 450 g/mol. The zero-order valence-electron chi connectivity index (χ0n) is 19.5. The Morgan fingerprint density at radius 3 is 2.61 bits per heavy atom. The third-order valence-corrected chi connectivity index (χ3v) is 7.17. The molecule has 33 heavy (non-hydrogen) atoms. The zero-order chi connectivity index (χ0) is 23.2. The molecule has 1 aromatic carbocycles. The molecule has 7 heteroatoms. The van der Waals surface area contributed by atoms with Gasteiger partial charge in [-0.15, -0.1) is 0 Å². The van der Waals surface area contributed by atoms with Gasteiger partial charge in [0, 0.05) is 24.7 Å². The van der Waals surface area contributed by atoms with E-state index in [1.807, 2.05) is 48.7 Å². The van der Waals surface area contributed by atoms with Crippen LogP contribution in [0.25, 0.3) is 11.1 Å². The average Bonchev–Trinajstić information content (AvgIpc) is 3.34. The van der Waals surface area contributed by atoms with Crippen LogP contribution in [0.1, 0.15) is 60.8 Å². The summed E-state index contributed by atoms with van der Waals surface area (Å²) in [6.45, 7) is 4.49. The van der Waals surface area contributed by atoms with Gasteiger partial charge in [0.25, 0.3) is 5.91 Å². The molecular weight excluding hydrogens is 418 g/mol. The number of amides is 2. The van der Waals surface area contributed by atoms with Gasteiger partial charge >= 0.3 is 0 Å². The molecule has 2 aromatic heterocycles. The monoisotopic (exact) mass is 449 g/mol. The Balaban J connectivity index is 1.52. The van der Waals surface area contributed by atoms with Crippen molar-refractivity contribution in [2.75, 3.05) is 7.11 Å². The minimum Gasteiger partial charge on any atom is -0.497 e. The Kier molecular flexibility index (Phi) is 5.43. The van der Waals surface area contributed by atoms with Gasteiger partial charge in [-0.05, 0) is 44.4 Å². The number of fused-ring (bicyclic) bond motifs is 3. The summed E-state index contributed by atoms with van der Waals surface area (Å²) in [5, 5.41) is 3.27. The number of methoxy groups -OCH3 is 1. The van der Waals surface area contributed by atoms with Crippen LogP contribution < -0.4 is 10.1 Å². The maximum atomic E-state index is 13.8. The fourth-order valence-corrected chi connectivity index (χ4v) is 5.21. The van der Waals surface area contributed by atoms with E-state index >= 15 is 0 Å². The van der Waals surface area contributed by atoms with Crippen molar-refractivity contribution in [3.05, 3.63) is 53.4 Å². The number of hydrogen-bond acceptors (Lipinski definition) is 4. The fraction of sp³-hybridized carbons (Fsp3) is 0.462. The molecule has 7 nitrogen and oxygen atoms in total. The van der Waals surface area contributed by atoms with E-state index in [9.17, 15) is 9.59 Å². The molecule has 2 aliphatic rings. The summed E-state index contributed by atoms with van der Waals surface area (Å²) >= 11 is 0. The number of rotatable bonds is 5. The number of carbonyl (C=O) groups is 2. The molecule has 3 heterocycles. The summed E-state index contributed by atoms with van der Waals surface area (Å²) in [5.41, 5.74) is 2.01. The van der Waals surface area contributed by atoms with Crippen molar-refractivity contribution < 1.29 is 18.7 Å². The molecule has 2 amide bonds. The van der Waals surface area contributed by atoms with Crippen LogP contribution >= 0.6 is 0 Å². The van der Waals surface area contributed by atoms with Crippen LogP contribution in [0.15, 0.2) is 40.8 Å². The third kappa shape index (κ3) is 3.79. The van der Waals surface area contributed by atoms with Gasteiger partial charge in [0.2, 0.25) is 5.91 Å². The Morgan fingerprint density at radius 2 is 1.91 bits per heavy atom. The van der Waals surface area contributed by atoms with E-state index < -0.39 is 5.54 Å². The third-order valence-electron chi connectivity index (χ3n) is 7.17. The van der Waals surface area contributed by atoms with Crippen LogP contribution in [0.2, 0.25) is 0 Å². The molecule has 1 aliphatic carbocycles. The molecule has 1 saturated carbocycles. The molecular formula is C26H31N3O4. The Bertz CT molecular complexity index is 1190. The number of furan rings is 1. The first-order chi connectivity index (χ1) is 15.9. The number of nitrogens with zero attached hydrogens (tertiary/aromatic N) is 2. The van der Waals surface area contributed by atoms with Gasteiger partial charge in [-0.1, -0.05) is 31.4 Å². The van der Waals surface area contributed by atoms with Crippen LogP contribution in [0.5, 0.6) is 5.75 Å². The largest absolute Gasteiger partial charge is 0.497 e. The van der Waals surface area contributed by atoms with Gasteiger partial charge < -0.3 is 23.9 Å². The van der Waals surface area contributed by atoms with Crippen molar-refractivity contribution in [3.8, 4) is 5.75 Å². The highest BCUT2D eigenvalue weighted by molar-refractivity contribution is 6.03. The predicted octanol–water partition coefficient (Wildman–Crippen LogP) is 4.41. The van der Waals surface area contributed by atoms with Crippen molar-refractivity contribution >= 4 is 22.9 Å². The molecule has 0 radical (unpaired) electrons. The molecule has 1 aliphatic heterocycles. The molecule has 0 spiro atoms. The Labute approximate surface area is 193 Å². The lowest BCUT2D eigenvalue weighted by atomic mass is 9.91. The minimum absolute atomic E-state index is 0.0935. The van der Waals surface area contributed by atoms with Crippen LogP contribution in [0.3, 0.4) is 0 Å². The number of benzene rings is 1. The second-order valence-electron chi connectivity index (χ2n) is 9.54. The summed E-state index contributed by atoms with van der Waals surface area (Å²) in [7, 11) is 1.63. The van der Waals surface area contributed by atoms with E-state index in [0.29, 0.717) is 24.4 Å². The summed E-state index contributed by atoms with van der Waals surface area (Å²) in [4.78, 5) is 29.2.